The quantitative estimate of drug-likeness (QED) is 0.680. The van der Waals surface area contributed by atoms with Crippen molar-refractivity contribution in [3.63, 3.8) is 0 Å². The maximum Gasteiger partial charge on any atom is 0.0621 e. The molecule has 1 atom stereocenters. The molecule has 0 aliphatic carbocycles. The first-order valence-electron chi connectivity index (χ1n) is 6.86. The van der Waals surface area contributed by atoms with E-state index < -0.39 is 0 Å². The molecular weight excluding hydrogens is 230 g/mol. The van der Waals surface area contributed by atoms with Crippen LogP contribution in [0.3, 0.4) is 0 Å². The average molecular weight is 249 g/mol. The molecule has 2 aromatic carbocycles. The van der Waals surface area contributed by atoms with Gasteiger partial charge in [-0.1, -0.05) is 60.7 Å². The van der Waals surface area contributed by atoms with Gasteiger partial charge in [-0.15, -0.1) is 0 Å². The summed E-state index contributed by atoms with van der Waals surface area (Å²) in [6.07, 6.45) is 3.75. The van der Waals surface area contributed by atoms with Crippen LogP contribution in [0.5, 0.6) is 0 Å². The molecule has 0 spiro atoms. The van der Waals surface area contributed by atoms with E-state index in [1.54, 1.807) is 0 Å². The molecule has 0 amide bonds. The number of hydrogen-bond acceptors (Lipinski definition) is 1. The van der Waals surface area contributed by atoms with Crippen molar-refractivity contribution in [2.24, 2.45) is 0 Å². The number of nitrogens with zero attached hydrogens (tertiary/aromatic N) is 1. The zero-order chi connectivity index (χ0) is 13.3. The first-order chi connectivity index (χ1) is 9.40. The van der Waals surface area contributed by atoms with Crippen LogP contribution in [0.4, 0.5) is 0 Å². The van der Waals surface area contributed by atoms with Gasteiger partial charge in [-0.2, -0.15) is 5.26 Å². The van der Waals surface area contributed by atoms with Crippen molar-refractivity contribution < 1.29 is 0 Å². The van der Waals surface area contributed by atoms with E-state index in [0.717, 1.165) is 19.3 Å². The summed E-state index contributed by atoms with van der Waals surface area (Å²) in [4.78, 5) is 0. The summed E-state index contributed by atoms with van der Waals surface area (Å²) in [7, 11) is 0. The van der Waals surface area contributed by atoms with Crippen LogP contribution in [0.15, 0.2) is 60.7 Å². The Morgan fingerprint density at radius 1 is 0.895 bits per heavy atom. The standard InChI is InChI=1S/C18H19N/c19-14-8-7-13-18(17-11-5-2-6-12-17)15-16-9-3-1-4-10-16/h1-6,9-12,18H,7-8,13,15H2. The SMILES string of the molecule is N#CCCCC(Cc1ccccc1)c1ccccc1. The first-order valence-corrected chi connectivity index (χ1v) is 6.86. The molecule has 0 saturated heterocycles. The molecule has 0 aliphatic heterocycles. The predicted molar refractivity (Wildman–Crippen MR) is 78.8 cm³/mol. The van der Waals surface area contributed by atoms with Crippen molar-refractivity contribution in [2.75, 3.05) is 0 Å². The van der Waals surface area contributed by atoms with Gasteiger partial charge in [0.1, 0.15) is 0 Å². The van der Waals surface area contributed by atoms with Gasteiger partial charge >= 0.3 is 0 Å². The van der Waals surface area contributed by atoms with E-state index in [9.17, 15) is 0 Å². The van der Waals surface area contributed by atoms with Crippen molar-refractivity contribution in [1.82, 2.24) is 0 Å². The van der Waals surface area contributed by atoms with E-state index in [0.29, 0.717) is 12.3 Å². The van der Waals surface area contributed by atoms with Crippen molar-refractivity contribution >= 4 is 0 Å². The third kappa shape index (κ3) is 4.26. The smallest absolute Gasteiger partial charge is 0.0621 e. The third-order valence-electron chi connectivity index (χ3n) is 3.44. The van der Waals surface area contributed by atoms with Crippen LogP contribution in [0.2, 0.25) is 0 Å². The minimum absolute atomic E-state index is 0.511. The molecule has 2 aromatic rings. The van der Waals surface area contributed by atoms with Crippen LogP contribution >= 0.6 is 0 Å². The Labute approximate surface area is 115 Å². The molecule has 2 rings (SSSR count). The van der Waals surface area contributed by atoms with Crippen LogP contribution < -0.4 is 0 Å². The lowest BCUT2D eigenvalue weighted by atomic mass is 9.88. The number of unbranched alkanes of at least 4 members (excludes halogenated alkanes) is 1. The molecule has 96 valence electrons. The largest absolute Gasteiger partial charge is 0.198 e. The lowest BCUT2D eigenvalue weighted by molar-refractivity contribution is 0.595. The summed E-state index contributed by atoms with van der Waals surface area (Å²) in [6, 6.07) is 23.5. The maximum absolute atomic E-state index is 8.69. The van der Waals surface area contributed by atoms with Gasteiger partial charge in [-0.05, 0) is 36.3 Å². The highest BCUT2D eigenvalue weighted by atomic mass is 14.2. The Morgan fingerprint density at radius 2 is 1.53 bits per heavy atom. The molecule has 0 aromatic heterocycles. The van der Waals surface area contributed by atoms with Gasteiger partial charge in [0.05, 0.1) is 6.07 Å². The molecule has 0 fully saturated rings. The summed E-state index contributed by atoms with van der Waals surface area (Å²) in [6.45, 7) is 0. The number of benzene rings is 2. The van der Waals surface area contributed by atoms with Crippen molar-refractivity contribution in [3.8, 4) is 6.07 Å². The molecule has 0 saturated carbocycles. The van der Waals surface area contributed by atoms with E-state index in [4.69, 9.17) is 5.26 Å². The molecule has 1 nitrogen and oxygen atoms in total. The highest BCUT2D eigenvalue weighted by molar-refractivity contribution is 5.24. The van der Waals surface area contributed by atoms with Crippen LogP contribution in [0.1, 0.15) is 36.3 Å². The second-order valence-electron chi connectivity index (χ2n) is 4.85. The molecule has 0 heterocycles. The second kappa shape index (κ2) is 7.38. The first kappa shape index (κ1) is 13.4. The minimum atomic E-state index is 0.511. The molecular formula is C18H19N. The van der Waals surface area contributed by atoms with E-state index in [1.165, 1.54) is 11.1 Å². The van der Waals surface area contributed by atoms with Gasteiger partial charge in [0.2, 0.25) is 0 Å². The van der Waals surface area contributed by atoms with Crippen molar-refractivity contribution in [3.05, 3.63) is 71.8 Å². The predicted octanol–water partition coefficient (Wildman–Crippen LogP) is 4.71. The molecule has 1 unspecified atom stereocenters. The van der Waals surface area contributed by atoms with Gasteiger partial charge in [-0.3, -0.25) is 0 Å². The zero-order valence-electron chi connectivity index (χ0n) is 11.1. The maximum atomic E-state index is 8.69. The monoisotopic (exact) mass is 249 g/mol. The fourth-order valence-corrected chi connectivity index (χ4v) is 2.44. The molecule has 0 radical (unpaired) electrons. The summed E-state index contributed by atoms with van der Waals surface area (Å²) >= 11 is 0. The summed E-state index contributed by atoms with van der Waals surface area (Å²) in [5.41, 5.74) is 2.75. The van der Waals surface area contributed by atoms with E-state index in [1.807, 2.05) is 0 Å². The Balaban J connectivity index is 2.08. The number of rotatable bonds is 6. The van der Waals surface area contributed by atoms with Crippen LogP contribution in [-0.4, -0.2) is 0 Å². The molecule has 1 heteroatoms. The molecule has 0 aliphatic rings. The van der Waals surface area contributed by atoms with Crippen LogP contribution in [-0.2, 0) is 6.42 Å². The molecule has 0 N–H and O–H groups in total. The minimum Gasteiger partial charge on any atom is -0.198 e. The molecule has 0 bridgehead atoms. The zero-order valence-corrected chi connectivity index (χ0v) is 11.1. The van der Waals surface area contributed by atoms with E-state index in [2.05, 4.69) is 66.7 Å². The Morgan fingerprint density at radius 3 is 2.16 bits per heavy atom. The second-order valence-corrected chi connectivity index (χ2v) is 4.85. The Bertz CT molecular complexity index is 510. The van der Waals surface area contributed by atoms with Gasteiger partial charge in [0.25, 0.3) is 0 Å². The lowest BCUT2D eigenvalue weighted by Crippen LogP contribution is -2.03. The summed E-state index contributed by atoms with van der Waals surface area (Å²) in [5, 5.41) is 8.69. The lowest BCUT2D eigenvalue weighted by Gasteiger charge is -2.17. The van der Waals surface area contributed by atoms with Gasteiger partial charge in [-0.25, -0.2) is 0 Å². The fraction of sp³-hybridized carbons (Fsp3) is 0.278. The van der Waals surface area contributed by atoms with Crippen molar-refractivity contribution in [1.29, 1.82) is 5.26 Å². The average Bonchev–Trinajstić information content (AvgIpc) is 2.48. The van der Waals surface area contributed by atoms with Gasteiger partial charge < -0.3 is 0 Å². The summed E-state index contributed by atoms with van der Waals surface area (Å²) in [5.74, 6) is 0.511. The van der Waals surface area contributed by atoms with Gasteiger partial charge in [0.15, 0.2) is 0 Å². The number of hydrogen-bond donors (Lipinski definition) is 0. The molecule has 19 heavy (non-hydrogen) atoms. The highest BCUT2D eigenvalue weighted by Gasteiger charge is 2.11. The van der Waals surface area contributed by atoms with E-state index in [-0.39, 0.29) is 0 Å². The van der Waals surface area contributed by atoms with Crippen LogP contribution in [0, 0.1) is 11.3 Å². The van der Waals surface area contributed by atoms with Crippen molar-refractivity contribution in [2.45, 2.75) is 31.6 Å². The topological polar surface area (TPSA) is 23.8 Å². The third-order valence-corrected chi connectivity index (χ3v) is 3.44. The Hall–Kier alpha value is -2.07. The fourth-order valence-electron chi connectivity index (χ4n) is 2.44. The van der Waals surface area contributed by atoms with E-state index >= 15 is 0 Å². The van der Waals surface area contributed by atoms with Gasteiger partial charge in [0, 0.05) is 6.42 Å². The Kier molecular flexibility index (Phi) is 5.19. The normalized spacial score (nSPS) is 11.7. The highest BCUT2D eigenvalue weighted by Crippen LogP contribution is 2.26. The summed E-state index contributed by atoms with van der Waals surface area (Å²) < 4.78 is 0. The number of nitriles is 1. The van der Waals surface area contributed by atoms with Crippen LogP contribution in [0.25, 0.3) is 0 Å².